The van der Waals surface area contributed by atoms with Crippen LogP contribution in [0, 0.1) is 0 Å². The van der Waals surface area contributed by atoms with E-state index in [0.29, 0.717) is 19.2 Å². The van der Waals surface area contributed by atoms with E-state index < -0.39 is 0 Å². The Hall–Kier alpha value is -2.59. The molecule has 0 aliphatic heterocycles. The molecule has 0 radical (unpaired) electrons. The van der Waals surface area contributed by atoms with Gasteiger partial charge < -0.3 is 15.0 Å². The third-order valence-electron chi connectivity index (χ3n) is 5.00. The topological polar surface area (TPSA) is 58.7 Å². The van der Waals surface area contributed by atoms with Gasteiger partial charge in [0, 0.05) is 28.6 Å². The van der Waals surface area contributed by atoms with Gasteiger partial charge in [-0.1, -0.05) is 42.5 Å². The number of benzene rings is 2. The molecule has 3 N–H and O–H groups in total. The highest BCUT2D eigenvalue weighted by Gasteiger charge is 2.28. The van der Waals surface area contributed by atoms with Gasteiger partial charge in [0.25, 0.3) is 0 Å². The Morgan fingerprint density at radius 3 is 2.84 bits per heavy atom. The van der Waals surface area contributed by atoms with Crippen molar-refractivity contribution in [1.29, 1.82) is 0 Å². The molecule has 25 heavy (non-hydrogen) atoms. The highest BCUT2D eigenvalue weighted by atomic mass is 16.5. The zero-order chi connectivity index (χ0) is 17.2. The maximum Gasteiger partial charge on any atom is 0.361 e. The zero-order valence-electron chi connectivity index (χ0n) is 14.4. The van der Waals surface area contributed by atoms with Gasteiger partial charge in [0.1, 0.15) is 6.04 Å². The molecule has 1 aliphatic carbocycles. The van der Waals surface area contributed by atoms with Crippen LogP contribution in [0.4, 0.5) is 0 Å². The summed E-state index contributed by atoms with van der Waals surface area (Å²) in [6.07, 6.45) is 2.05. The Morgan fingerprint density at radius 1 is 1.20 bits per heavy atom. The first-order chi connectivity index (χ1) is 12.3. The average Bonchev–Trinajstić information content (AvgIpc) is 3.03. The lowest BCUT2D eigenvalue weighted by Crippen LogP contribution is -2.87. The Kier molecular flexibility index (Phi) is 4.28. The first-order valence-electron chi connectivity index (χ1n) is 8.95. The highest BCUT2D eigenvalue weighted by Crippen LogP contribution is 2.39. The van der Waals surface area contributed by atoms with Crippen LogP contribution in [-0.4, -0.2) is 24.1 Å². The third-order valence-corrected chi connectivity index (χ3v) is 5.00. The van der Waals surface area contributed by atoms with Crippen molar-refractivity contribution in [2.45, 2.75) is 25.8 Å². The predicted octanol–water partition coefficient (Wildman–Crippen LogP) is 2.95. The summed E-state index contributed by atoms with van der Waals surface area (Å²) in [6.45, 7) is 2.66. The number of rotatable bonds is 5. The number of H-pyrrole nitrogens is 1. The van der Waals surface area contributed by atoms with Crippen LogP contribution in [0.5, 0.6) is 0 Å². The van der Waals surface area contributed by atoms with E-state index in [1.165, 1.54) is 33.3 Å². The lowest BCUT2D eigenvalue weighted by molar-refractivity contribution is -0.687. The number of esters is 1. The van der Waals surface area contributed by atoms with Crippen LogP contribution in [0.25, 0.3) is 22.2 Å². The van der Waals surface area contributed by atoms with Crippen molar-refractivity contribution in [3.8, 4) is 11.3 Å². The van der Waals surface area contributed by atoms with Gasteiger partial charge >= 0.3 is 5.97 Å². The van der Waals surface area contributed by atoms with Gasteiger partial charge in [0.2, 0.25) is 0 Å². The fourth-order valence-corrected chi connectivity index (χ4v) is 3.92. The maximum atomic E-state index is 11.7. The molecule has 1 unspecified atom stereocenters. The van der Waals surface area contributed by atoms with Crippen LogP contribution >= 0.6 is 0 Å². The molecule has 128 valence electrons. The number of carbonyl (C=O) groups is 1. The Morgan fingerprint density at radius 2 is 2.04 bits per heavy atom. The maximum absolute atomic E-state index is 11.7. The molecule has 1 atom stereocenters. The van der Waals surface area contributed by atoms with E-state index >= 15 is 0 Å². The minimum absolute atomic E-state index is 0.139. The molecule has 0 fully saturated rings. The van der Waals surface area contributed by atoms with Crippen LogP contribution in [0.1, 0.15) is 30.5 Å². The van der Waals surface area contributed by atoms with Crippen LogP contribution in [0.3, 0.4) is 0 Å². The molecule has 3 aromatic rings. The first-order valence-corrected chi connectivity index (χ1v) is 8.95. The number of hydrogen-bond acceptors (Lipinski definition) is 2. The number of hydrogen-bond donors (Lipinski definition) is 2. The lowest BCUT2D eigenvalue weighted by Gasteiger charge is -2.22. The van der Waals surface area contributed by atoms with E-state index in [0.717, 1.165) is 12.8 Å². The second-order valence-corrected chi connectivity index (χ2v) is 6.50. The summed E-state index contributed by atoms with van der Waals surface area (Å²) in [5.74, 6) is -0.139. The van der Waals surface area contributed by atoms with Crippen molar-refractivity contribution in [3.63, 3.8) is 0 Å². The molecule has 0 amide bonds. The van der Waals surface area contributed by atoms with Gasteiger partial charge in [-0.25, -0.2) is 4.79 Å². The number of carbonyl (C=O) groups excluding carboxylic acids is 1. The van der Waals surface area contributed by atoms with Crippen LogP contribution in [0.15, 0.2) is 48.5 Å². The minimum atomic E-state index is -0.139. The number of nitrogens with one attached hydrogen (secondary N) is 1. The fourth-order valence-electron chi connectivity index (χ4n) is 3.92. The number of nitrogens with two attached hydrogens (primary N) is 1. The Labute approximate surface area is 147 Å². The molecule has 1 heterocycles. The van der Waals surface area contributed by atoms with Crippen molar-refractivity contribution in [1.82, 2.24) is 4.98 Å². The van der Waals surface area contributed by atoms with Crippen molar-refractivity contribution in [2.24, 2.45) is 0 Å². The van der Waals surface area contributed by atoms with Gasteiger partial charge in [-0.15, -0.1) is 0 Å². The number of ether oxygens (including phenoxy) is 1. The molecule has 1 aliphatic rings. The first kappa shape index (κ1) is 15.9. The normalized spacial score (nSPS) is 16.1. The highest BCUT2D eigenvalue weighted by molar-refractivity contribution is 5.94. The lowest BCUT2D eigenvalue weighted by atomic mass is 9.87. The molecule has 0 bridgehead atoms. The van der Waals surface area contributed by atoms with Crippen LogP contribution < -0.4 is 5.32 Å². The van der Waals surface area contributed by atoms with Gasteiger partial charge in [0.15, 0.2) is 6.54 Å². The third kappa shape index (κ3) is 2.94. The van der Waals surface area contributed by atoms with Crippen molar-refractivity contribution in [2.75, 3.05) is 13.2 Å². The van der Waals surface area contributed by atoms with E-state index in [1.807, 2.05) is 13.0 Å². The minimum Gasteiger partial charge on any atom is -0.462 e. The summed E-state index contributed by atoms with van der Waals surface area (Å²) in [5.41, 5.74) is 6.36. The Balaban J connectivity index is 1.70. The van der Waals surface area contributed by atoms with E-state index in [9.17, 15) is 4.79 Å². The fraction of sp³-hybridized carbons (Fsp3) is 0.286. The zero-order valence-corrected chi connectivity index (χ0v) is 14.4. The second kappa shape index (κ2) is 6.73. The number of aromatic amines is 1. The summed E-state index contributed by atoms with van der Waals surface area (Å²) >= 11 is 0. The molecule has 4 rings (SSSR count). The smallest absolute Gasteiger partial charge is 0.361 e. The summed E-state index contributed by atoms with van der Waals surface area (Å²) in [5, 5.41) is 3.45. The Bertz CT molecular complexity index is 899. The largest absolute Gasteiger partial charge is 0.462 e. The molecule has 0 saturated carbocycles. The van der Waals surface area contributed by atoms with Gasteiger partial charge in [-0.3, -0.25) is 0 Å². The molecule has 0 saturated heterocycles. The monoisotopic (exact) mass is 335 g/mol. The quantitative estimate of drug-likeness (QED) is 0.704. The standard InChI is InChI=1S/C21H22N2O2/c1-2-25-19(24)13-22-17-12-11-16-20-15(17)9-6-10-18(20)23-21(16)14-7-4-3-5-8-14/h3-10,17,22-23H,2,11-13H2,1H3/p+1. The predicted molar refractivity (Wildman–Crippen MR) is 98.2 cm³/mol. The molecule has 4 nitrogen and oxygen atoms in total. The van der Waals surface area contributed by atoms with E-state index in [1.54, 1.807) is 0 Å². The molecular weight excluding hydrogens is 312 g/mol. The van der Waals surface area contributed by atoms with Gasteiger partial charge in [0.05, 0.1) is 6.61 Å². The SMILES string of the molecule is CCOC(=O)C[NH2+]C1CCc2c(-c3ccccc3)[nH]c3cccc1c23. The molecular formula is C21H23N2O2+. The number of quaternary nitrogens is 1. The van der Waals surface area contributed by atoms with Crippen molar-refractivity contribution >= 4 is 16.9 Å². The van der Waals surface area contributed by atoms with Crippen molar-refractivity contribution in [3.05, 3.63) is 59.7 Å². The summed E-state index contributed by atoms with van der Waals surface area (Å²) in [6, 6.07) is 17.2. The van der Waals surface area contributed by atoms with Crippen LogP contribution in [-0.2, 0) is 16.0 Å². The van der Waals surface area contributed by atoms with Crippen LogP contribution in [0.2, 0.25) is 0 Å². The summed E-state index contributed by atoms with van der Waals surface area (Å²) in [4.78, 5) is 15.3. The molecule has 0 spiro atoms. The van der Waals surface area contributed by atoms with E-state index in [4.69, 9.17) is 4.74 Å². The summed E-state index contributed by atoms with van der Waals surface area (Å²) < 4.78 is 5.06. The number of aromatic nitrogens is 1. The second-order valence-electron chi connectivity index (χ2n) is 6.50. The van der Waals surface area contributed by atoms with Crippen molar-refractivity contribution < 1.29 is 14.8 Å². The number of aryl methyl sites for hydroxylation is 1. The molecule has 1 aromatic heterocycles. The molecule has 4 heteroatoms. The summed E-state index contributed by atoms with van der Waals surface area (Å²) in [7, 11) is 0. The average molecular weight is 335 g/mol. The molecule has 2 aromatic carbocycles. The van der Waals surface area contributed by atoms with Gasteiger partial charge in [-0.05, 0) is 30.5 Å². The van der Waals surface area contributed by atoms with E-state index in [2.05, 4.69) is 52.8 Å². The van der Waals surface area contributed by atoms with Gasteiger partial charge in [-0.2, -0.15) is 0 Å². The van der Waals surface area contributed by atoms with E-state index in [-0.39, 0.29) is 5.97 Å².